The number of pyridine rings is 1. The van der Waals surface area contributed by atoms with E-state index >= 15 is 0 Å². The van der Waals surface area contributed by atoms with Crippen molar-refractivity contribution in [2.75, 3.05) is 32.1 Å². The first-order chi connectivity index (χ1) is 8.59. The van der Waals surface area contributed by atoms with Crippen LogP contribution < -0.4 is 10.6 Å². The minimum absolute atomic E-state index is 0.0300. The molecule has 1 aliphatic heterocycles. The first-order valence-electron chi connectivity index (χ1n) is 6.71. The summed E-state index contributed by atoms with van der Waals surface area (Å²) in [6.07, 6.45) is 4.25. The second-order valence-corrected chi connectivity index (χ2v) is 5.35. The van der Waals surface area contributed by atoms with Gasteiger partial charge in [-0.25, -0.2) is 4.98 Å². The average molecular weight is 248 g/mol. The maximum Gasteiger partial charge on any atom is 0.133 e. The fourth-order valence-corrected chi connectivity index (χ4v) is 2.61. The van der Waals surface area contributed by atoms with Crippen LogP contribution in [0, 0.1) is 0 Å². The molecule has 1 aromatic heterocycles. The molecule has 1 aliphatic rings. The van der Waals surface area contributed by atoms with E-state index in [9.17, 15) is 0 Å². The summed E-state index contributed by atoms with van der Waals surface area (Å²) in [5, 5.41) is 0. The normalized spacial score (nSPS) is 19.8. The summed E-state index contributed by atoms with van der Waals surface area (Å²) in [5.41, 5.74) is 7.17. The summed E-state index contributed by atoms with van der Waals surface area (Å²) >= 11 is 0. The predicted molar refractivity (Wildman–Crippen MR) is 75.8 cm³/mol. The first-order valence-corrected chi connectivity index (χ1v) is 6.71. The van der Waals surface area contributed by atoms with Gasteiger partial charge in [0.25, 0.3) is 0 Å². The highest BCUT2D eigenvalue weighted by atomic mass is 15.2. The molecule has 1 atom stereocenters. The van der Waals surface area contributed by atoms with Crippen LogP contribution in [0.1, 0.15) is 31.4 Å². The van der Waals surface area contributed by atoms with E-state index in [0.29, 0.717) is 6.04 Å². The first kappa shape index (κ1) is 13.3. The van der Waals surface area contributed by atoms with Crippen LogP contribution in [0.25, 0.3) is 0 Å². The number of anilines is 1. The number of aromatic nitrogens is 1. The maximum atomic E-state index is 6.03. The quantitative estimate of drug-likeness (QED) is 0.883. The molecule has 1 aromatic rings. The van der Waals surface area contributed by atoms with Crippen LogP contribution in [0.5, 0.6) is 0 Å². The number of piperidine rings is 1. The summed E-state index contributed by atoms with van der Waals surface area (Å²) in [4.78, 5) is 9.22. The van der Waals surface area contributed by atoms with Gasteiger partial charge in [0, 0.05) is 30.9 Å². The smallest absolute Gasteiger partial charge is 0.133 e. The van der Waals surface area contributed by atoms with Crippen molar-refractivity contribution in [1.82, 2.24) is 9.88 Å². The number of hydrogen-bond acceptors (Lipinski definition) is 4. The highest BCUT2D eigenvalue weighted by molar-refractivity contribution is 5.48. The number of hydrogen-bond donors (Lipinski definition) is 1. The van der Waals surface area contributed by atoms with Crippen molar-refractivity contribution in [2.45, 2.75) is 31.8 Å². The van der Waals surface area contributed by atoms with Gasteiger partial charge in [0.15, 0.2) is 0 Å². The highest BCUT2D eigenvalue weighted by Gasteiger charge is 2.23. The maximum absolute atomic E-state index is 6.03. The Morgan fingerprint density at radius 2 is 2.11 bits per heavy atom. The van der Waals surface area contributed by atoms with Crippen molar-refractivity contribution in [3.05, 3.63) is 23.9 Å². The van der Waals surface area contributed by atoms with Crippen LogP contribution >= 0.6 is 0 Å². The Hall–Kier alpha value is -1.13. The van der Waals surface area contributed by atoms with Crippen LogP contribution in [0.4, 0.5) is 5.82 Å². The molecule has 1 fully saturated rings. The van der Waals surface area contributed by atoms with Crippen molar-refractivity contribution < 1.29 is 0 Å². The molecule has 0 radical (unpaired) electrons. The SMILES string of the molecule is C[C@H](N)c1cccnc1N(C)C1CCN(C)CC1. The molecule has 0 unspecified atom stereocenters. The molecule has 0 amide bonds. The van der Waals surface area contributed by atoms with Crippen LogP contribution in [-0.4, -0.2) is 43.1 Å². The summed E-state index contributed by atoms with van der Waals surface area (Å²) < 4.78 is 0. The van der Waals surface area contributed by atoms with E-state index in [2.05, 4.69) is 34.9 Å². The van der Waals surface area contributed by atoms with Crippen molar-refractivity contribution in [3.8, 4) is 0 Å². The minimum atomic E-state index is 0.0300. The molecule has 2 N–H and O–H groups in total. The van der Waals surface area contributed by atoms with Gasteiger partial charge in [-0.05, 0) is 46.0 Å². The summed E-state index contributed by atoms with van der Waals surface area (Å²) in [5.74, 6) is 1.04. The van der Waals surface area contributed by atoms with E-state index in [-0.39, 0.29) is 6.04 Å². The Morgan fingerprint density at radius 1 is 1.44 bits per heavy atom. The molecular weight excluding hydrogens is 224 g/mol. The Kier molecular flexibility index (Phi) is 4.19. The van der Waals surface area contributed by atoms with Crippen molar-refractivity contribution in [2.24, 2.45) is 5.73 Å². The third kappa shape index (κ3) is 2.82. The second kappa shape index (κ2) is 5.67. The van der Waals surface area contributed by atoms with Crippen LogP contribution in [0.15, 0.2) is 18.3 Å². The molecule has 1 saturated heterocycles. The van der Waals surface area contributed by atoms with Crippen molar-refractivity contribution in [3.63, 3.8) is 0 Å². The molecule has 0 bridgehead atoms. The second-order valence-electron chi connectivity index (χ2n) is 5.35. The monoisotopic (exact) mass is 248 g/mol. The molecule has 0 spiro atoms. The molecule has 0 saturated carbocycles. The minimum Gasteiger partial charge on any atom is -0.356 e. The van der Waals surface area contributed by atoms with Gasteiger partial charge in [-0.3, -0.25) is 0 Å². The number of nitrogens with zero attached hydrogens (tertiary/aromatic N) is 3. The van der Waals surface area contributed by atoms with Crippen LogP contribution in [0.2, 0.25) is 0 Å². The molecule has 18 heavy (non-hydrogen) atoms. The van der Waals surface area contributed by atoms with Gasteiger partial charge in [0.2, 0.25) is 0 Å². The number of nitrogens with two attached hydrogens (primary N) is 1. The lowest BCUT2D eigenvalue weighted by Crippen LogP contribution is -2.42. The van der Waals surface area contributed by atoms with Crippen molar-refractivity contribution >= 4 is 5.82 Å². The largest absolute Gasteiger partial charge is 0.356 e. The van der Waals surface area contributed by atoms with E-state index < -0.39 is 0 Å². The Morgan fingerprint density at radius 3 is 2.72 bits per heavy atom. The number of rotatable bonds is 3. The lowest BCUT2D eigenvalue weighted by molar-refractivity contribution is 0.252. The molecule has 4 nitrogen and oxygen atoms in total. The average Bonchev–Trinajstić information content (AvgIpc) is 2.39. The van der Waals surface area contributed by atoms with Crippen molar-refractivity contribution in [1.29, 1.82) is 0 Å². The fourth-order valence-electron chi connectivity index (χ4n) is 2.61. The third-order valence-electron chi connectivity index (χ3n) is 3.88. The van der Waals surface area contributed by atoms with Gasteiger partial charge in [0.05, 0.1) is 0 Å². The zero-order chi connectivity index (χ0) is 13.1. The third-order valence-corrected chi connectivity index (χ3v) is 3.88. The molecule has 0 aromatic carbocycles. The van der Waals surface area contributed by atoms with E-state index in [1.807, 2.05) is 19.2 Å². The van der Waals surface area contributed by atoms with E-state index in [4.69, 9.17) is 5.73 Å². The highest BCUT2D eigenvalue weighted by Crippen LogP contribution is 2.26. The standard InChI is InChI=1S/C14H24N4/c1-11(15)13-5-4-8-16-14(13)18(3)12-6-9-17(2)10-7-12/h4-5,8,11-12H,6-7,9-10,15H2,1-3H3/t11-/m0/s1. The summed E-state index contributed by atoms with van der Waals surface area (Å²) in [6, 6.07) is 4.65. The molecule has 4 heteroatoms. The van der Waals surface area contributed by atoms with Gasteiger partial charge in [-0.2, -0.15) is 0 Å². The van der Waals surface area contributed by atoms with E-state index in [1.165, 1.54) is 12.8 Å². The van der Waals surface area contributed by atoms with E-state index in [0.717, 1.165) is 24.5 Å². The molecule has 2 heterocycles. The van der Waals surface area contributed by atoms with Crippen LogP contribution in [0.3, 0.4) is 0 Å². The predicted octanol–water partition coefficient (Wildman–Crippen LogP) is 1.63. The van der Waals surface area contributed by atoms with Gasteiger partial charge >= 0.3 is 0 Å². The Balaban J connectivity index is 2.15. The lowest BCUT2D eigenvalue weighted by Gasteiger charge is -2.36. The summed E-state index contributed by atoms with van der Waals surface area (Å²) in [7, 11) is 4.33. The van der Waals surface area contributed by atoms with Crippen LogP contribution in [-0.2, 0) is 0 Å². The van der Waals surface area contributed by atoms with E-state index in [1.54, 1.807) is 0 Å². The molecule has 100 valence electrons. The zero-order valence-corrected chi connectivity index (χ0v) is 11.6. The summed E-state index contributed by atoms with van der Waals surface area (Å²) in [6.45, 7) is 4.34. The van der Waals surface area contributed by atoms with Gasteiger partial charge < -0.3 is 15.5 Å². The number of likely N-dealkylation sites (tertiary alicyclic amines) is 1. The lowest BCUT2D eigenvalue weighted by atomic mass is 10.0. The Bertz CT molecular complexity index is 383. The zero-order valence-electron chi connectivity index (χ0n) is 11.6. The fraction of sp³-hybridized carbons (Fsp3) is 0.643. The van der Waals surface area contributed by atoms with Gasteiger partial charge in [-0.15, -0.1) is 0 Å². The topological polar surface area (TPSA) is 45.4 Å². The van der Waals surface area contributed by atoms with Gasteiger partial charge in [0.1, 0.15) is 5.82 Å². The Labute approximate surface area is 110 Å². The molecule has 2 rings (SSSR count). The molecule has 0 aliphatic carbocycles. The molecular formula is C14H24N4. The van der Waals surface area contributed by atoms with Gasteiger partial charge in [-0.1, -0.05) is 6.07 Å².